The van der Waals surface area contributed by atoms with Crippen LogP contribution in [0.4, 0.5) is 24.5 Å². The first-order chi connectivity index (χ1) is 20.6. The van der Waals surface area contributed by atoms with E-state index in [2.05, 4.69) is 20.9 Å². The van der Waals surface area contributed by atoms with Crippen LogP contribution in [0.1, 0.15) is 55.2 Å². The predicted molar refractivity (Wildman–Crippen MR) is 156 cm³/mol. The third-order valence-electron chi connectivity index (χ3n) is 5.68. The standard InChI is InChI=1S/C30H32F3N5O6/c1-16(2)42-23-14-11-19(15-24(23)43-17(3)4)25(36-20-12-9-18(10-13-20)26(34)35)27(39)38-37-22-8-6-5-7-21(22)28(40)44-29(41)30(31,32)33/h5-17,25,36-37H,1-4H3,(H3,34,35)(H,38,39). The van der Waals surface area contributed by atoms with Gasteiger partial charge < -0.3 is 25.3 Å². The highest BCUT2D eigenvalue weighted by Gasteiger charge is 2.42. The van der Waals surface area contributed by atoms with E-state index < -0.39 is 35.6 Å². The molecule has 0 spiro atoms. The zero-order valence-corrected chi connectivity index (χ0v) is 24.2. The largest absolute Gasteiger partial charge is 0.491 e. The van der Waals surface area contributed by atoms with Crippen molar-refractivity contribution in [3.63, 3.8) is 0 Å². The smallest absolute Gasteiger partial charge is 0.487 e. The molecule has 0 radical (unpaired) electrons. The van der Waals surface area contributed by atoms with E-state index >= 15 is 0 Å². The van der Waals surface area contributed by atoms with Gasteiger partial charge in [0.05, 0.1) is 23.5 Å². The fourth-order valence-electron chi connectivity index (χ4n) is 3.78. The van der Waals surface area contributed by atoms with Crippen molar-refractivity contribution in [1.29, 1.82) is 5.41 Å². The van der Waals surface area contributed by atoms with E-state index in [-0.39, 0.29) is 23.7 Å². The molecule has 0 heterocycles. The summed E-state index contributed by atoms with van der Waals surface area (Å²) in [4.78, 5) is 37.1. The number of alkyl halides is 3. The number of amides is 1. The lowest BCUT2D eigenvalue weighted by atomic mass is 10.0. The summed E-state index contributed by atoms with van der Waals surface area (Å²) >= 11 is 0. The van der Waals surface area contributed by atoms with Gasteiger partial charge in [-0.25, -0.2) is 9.59 Å². The summed E-state index contributed by atoms with van der Waals surface area (Å²) in [5, 5.41) is 10.7. The predicted octanol–water partition coefficient (Wildman–Crippen LogP) is 5.09. The molecule has 0 bridgehead atoms. The number of benzene rings is 3. The minimum atomic E-state index is -5.37. The molecule has 6 N–H and O–H groups in total. The summed E-state index contributed by atoms with van der Waals surface area (Å²) in [6, 6.07) is 15.5. The van der Waals surface area contributed by atoms with Gasteiger partial charge in [-0.05, 0) is 81.8 Å². The number of carbonyl (C=O) groups excluding carboxylic acids is 3. The molecule has 3 aromatic carbocycles. The van der Waals surface area contributed by atoms with Crippen molar-refractivity contribution in [2.24, 2.45) is 5.73 Å². The molecular formula is C30H32F3N5O6. The van der Waals surface area contributed by atoms with Gasteiger partial charge in [-0.1, -0.05) is 18.2 Å². The highest BCUT2D eigenvalue weighted by Crippen LogP contribution is 2.33. The van der Waals surface area contributed by atoms with Crippen molar-refractivity contribution in [2.75, 3.05) is 10.7 Å². The Hall–Kier alpha value is -5.27. The van der Waals surface area contributed by atoms with E-state index in [1.165, 1.54) is 18.2 Å². The Labute approximate surface area is 251 Å². The van der Waals surface area contributed by atoms with Crippen LogP contribution < -0.4 is 31.4 Å². The normalized spacial score (nSPS) is 11.8. The Morgan fingerprint density at radius 1 is 0.864 bits per heavy atom. The number of nitrogen functional groups attached to an aromatic ring is 1. The number of nitrogens with one attached hydrogen (secondary N) is 4. The second kappa shape index (κ2) is 14.3. The van der Waals surface area contributed by atoms with Crippen LogP contribution in [0.25, 0.3) is 0 Å². The Morgan fingerprint density at radius 2 is 1.48 bits per heavy atom. The second-order valence-electron chi connectivity index (χ2n) is 9.94. The number of rotatable bonds is 12. The Morgan fingerprint density at radius 3 is 2.07 bits per heavy atom. The molecule has 3 aromatic rings. The average Bonchev–Trinajstić information content (AvgIpc) is 2.95. The van der Waals surface area contributed by atoms with E-state index in [1.54, 1.807) is 42.5 Å². The summed E-state index contributed by atoms with van der Waals surface area (Å²) in [5.41, 5.74) is 11.3. The molecule has 44 heavy (non-hydrogen) atoms. The van der Waals surface area contributed by atoms with Crippen LogP contribution >= 0.6 is 0 Å². The monoisotopic (exact) mass is 615 g/mol. The lowest BCUT2D eigenvalue weighted by Crippen LogP contribution is -2.37. The van der Waals surface area contributed by atoms with E-state index in [0.29, 0.717) is 28.3 Å². The molecule has 0 saturated heterocycles. The van der Waals surface area contributed by atoms with E-state index in [0.717, 1.165) is 6.07 Å². The highest BCUT2D eigenvalue weighted by atomic mass is 19.4. The van der Waals surface area contributed by atoms with Gasteiger partial charge in [-0.3, -0.25) is 21.1 Å². The molecule has 1 unspecified atom stereocenters. The van der Waals surface area contributed by atoms with E-state index in [9.17, 15) is 27.6 Å². The summed E-state index contributed by atoms with van der Waals surface area (Å²) in [7, 11) is 0. The molecule has 3 rings (SSSR count). The molecule has 14 heteroatoms. The molecule has 0 aromatic heterocycles. The first-order valence-corrected chi connectivity index (χ1v) is 13.3. The Kier molecular flexibility index (Phi) is 10.8. The molecule has 1 amide bonds. The van der Waals surface area contributed by atoms with Crippen LogP contribution in [0.5, 0.6) is 11.5 Å². The molecular weight excluding hydrogens is 583 g/mol. The first-order valence-electron chi connectivity index (χ1n) is 13.3. The number of esters is 2. The van der Waals surface area contributed by atoms with Crippen LogP contribution in [0.2, 0.25) is 0 Å². The molecule has 0 fully saturated rings. The van der Waals surface area contributed by atoms with Gasteiger partial charge >= 0.3 is 18.1 Å². The maximum absolute atomic E-state index is 13.6. The number of halogens is 3. The van der Waals surface area contributed by atoms with Crippen molar-refractivity contribution in [3.05, 3.63) is 83.4 Å². The van der Waals surface area contributed by atoms with Gasteiger partial charge in [0.1, 0.15) is 11.9 Å². The highest BCUT2D eigenvalue weighted by molar-refractivity contribution is 6.02. The third kappa shape index (κ3) is 9.11. The zero-order valence-electron chi connectivity index (χ0n) is 24.2. The topological polar surface area (TPSA) is 165 Å². The van der Waals surface area contributed by atoms with Crippen molar-refractivity contribution < 1.29 is 41.8 Å². The fourth-order valence-corrected chi connectivity index (χ4v) is 3.78. The minimum absolute atomic E-state index is 0.130. The number of amidine groups is 1. The quantitative estimate of drug-likeness (QED) is 0.0614. The number of ether oxygens (including phenoxy) is 3. The lowest BCUT2D eigenvalue weighted by molar-refractivity contribution is -0.193. The molecule has 1 atom stereocenters. The van der Waals surface area contributed by atoms with Gasteiger partial charge in [0, 0.05) is 11.3 Å². The maximum Gasteiger partial charge on any atom is 0.491 e. The van der Waals surface area contributed by atoms with Crippen molar-refractivity contribution >= 4 is 35.1 Å². The van der Waals surface area contributed by atoms with E-state index in [1.807, 2.05) is 27.7 Å². The van der Waals surface area contributed by atoms with Gasteiger partial charge in [-0.2, -0.15) is 13.2 Å². The molecule has 11 nitrogen and oxygen atoms in total. The van der Waals surface area contributed by atoms with Gasteiger partial charge in [0.25, 0.3) is 5.91 Å². The molecule has 234 valence electrons. The summed E-state index contributed by atoms with van der Waals surface area (Å²) < 4.78 is 53.6. The minimum Gasteiger partial charge on any atom is -0.487 e. The van der Waals surface area contributed by atoms with Crippen molar-refractivity contribution in [2.45, 2.75) is 52.1 Å². The number of hydrazine groups is 1. The van der Waals surface area contributed by atoms with E-state index in [4.69, 9.17) is 20.6 Å². The molecule has 0 aliphatic carbocycles. The number of hydrogen-bond acceptors (Lipinski definition) is 9. The SMILES string of the molecule is CC(C)Oc1ccc(C(Nc2ccc(C(=N)N)cc2)C(=O)NNc2ccccc2C(=O)OC(=O)C(F)(F)F)cc1OC(C)C. The van der Waals surface area contributed by atoms with Crippen molar-refractivity contribution in [3.8, 4) is 11.5 Å². The van der Waals surface area contributed by atoms with Crippen LogP contribution in [0, 0.1) is 5.41 Å². The van der Waals surface area contributed by atoms with Crippen LogP contribution in [-0.2, 0) is 14.3 Å². The average molecular weight is 616 g/mol. The summed E-state index contributed by atoms with van der Waals surface area (Å²) in [6.45, 7) is 7.38. The molecule has 0 aliphatic rings. The van der Waals surface area contributed by atoms with Crippen molar-refractivity contribution in [1.82, 2.24) is 5.43 Å². The van der Waals surface area contributed by atoms with Crippen LogP contribution in [-0.4, -0.2) is 42.1 Å². The van der Waals surface area contributed by atoms with Crippen LogP contribution in [0.3, 0.4) is 0 Å². The van der Waals surface area contributed by atoms with Crippen LogP contribution in [0.15, 0.2) is 66.7 Å². The molecule has 0 aliphatic heterocycles. The molecule has 0 saturated carbocycles. The maximum atomic E-state index is 13.6. The zero-order chi connectivity index (χ0) is 32.6. The fraction of sp³-hybridized carbons (Fsp3) is 0.267. The third-order valence-corrected chi connectivity index (χ3v) is 5.68. The first kappa shape index (κ1) is 33.2. The van der Waals surface area contributed by atoms with Gasteiger partial charge in [0.2, 0.25) is 0 Å². The number of anilines is 2. The number of para-hydroxylation sites is 1. The summed E-state index contributed by atoms with van der Waals surface area (Å²) in [5.74, 6) is -4.22. The van der Waals surface area contributed by atoms with Gasteiger partial charge in [-0.15, -0.1) is 0 Å². The Bertz CT molecular complexity index is 1510. The summed E-state index contributed by atoms with van der Waals surface area (Å²) in [6.07, 6.45) is -5.75. The number of carbonyl (C=O) groups is 3. The number of nitrogens with two attached hydrogens (primary N) is 1. The lowest BCUT2D eigenvalue weighted by Gasteiger charge is -2.23. The Balaban J connectivity index is 1.93. The number of hydrogen-bond donors (Lipinski definition) is 5. The second-order valence-corrected chi connectivity index (χ2v) is 9.94. The van der Waals surface area contributed by atoms with Gasteiger partial charge in [0.15, 0.2) is 11.5 Å².